The van der Waals surface area contributed by atoms with Crippen molar-refractivity contribution in [2.45, 2.75) is 19.4 Å². The van der Waals surface area contributed by atoms with Gasteiger partial charge in [-0.05, 0) is 18.6 Å². The molecular weight excluding hydrogens is 320 g/mol. The van der Waals surface area contributed by atoms with Gasteiger partial charge in [-0.3, -0.25) is 14.4 Å². The molecule has 1 aromatic rings. The molecule has 6 heteroatoms. The van der Waals surface area contributed by atoms with Gasteiger partial charge in [-0.25, -0.2) is 0 Å². The van der Waals surface area contributed by atoms with Crippen LogP contribution in [0.2, 0.25) is 0 Å². The Morgan fingerprint density at radius 3 is 2.52 bits per heavy atom. The Morgan fingerprint density at radius 1 is 1.16 bits per heavy atom. The van der Waals surface area contributed by atoms with Gasteiger partial charge in [0, 0.05) is 12.2 Å². The number of hydrogen-bond acceptors (Lipinski definition) is 4. The van der Waals surface area contributed by atoms with Crippen LogP contribution < -0.4 is 5.32 Å². The minimum atomic E-state index is -0.761. The second kappa shape index (κ2) is 7.09. The van der Waals surface area contributed by atoms with Crippen LogP contribution >= 0.6 is 0 Å². The summed E-state index contributed by atoms with van der Waals surface area (Å²) in [7, 11) is 1.31. The number of amides is 2. The molecule has 1 aromatic carbocycles. The lowest BCUT2D eigenvalue weighted by Gasteiger charge is -2.48. The summed E-state index contributed by atoms with van der Waals surface area (Å²) >= 11 is 0. The number of benzene rings is 1. The fraction of sp³-hybridized carbons (Fsp3) is 0.421. The molecule has 2 aliphatic heterocycles. The Kier molecular flexibility index (Phi) is 4.88. The number of hydrogen-bond donors (Lipinski definition) is 1. The first-order valence-corrected chi connectivity index (χ1v) is 8.51. The molecule has 0 radical (unpaired) electrons. The highest BCUT2D eigenvalue weighted by Crippen LogP contribution is 2.41. The van der Waals surface area contributed by atoms with Gasteiger partial charge >= 0.3 is 5.97 Å². The Bertz CT molecular complexity index is 701. The number of methoxy groups -OCH3 is 1. The van der Waals surface area contributed by atoms with E-state index in [-0.39, 0.29) is 11.8 Å². The number of carbonyl (C=O) groups is 3. The van der Waals surface area contributed by atoms with E-state index in [1.54, 1.807) is 23.1 Å². The van der Waals surface area contributed by atoms with Gasteiger partial charge in [0.1, 0.15) is 0 Å². The molecule has 0 spiro atoms. The predicted octanol–water partition coefficient (Wildman–Crippen LogP) is 1.84. The standard InChI is InChI=1S/C19H22N2O4/c1-3-11-21-14-10-9-13(18(21)23)15(16(14)19(24)25-2)17(22)20-12-7-5-4-6-8-12/h4-10,13-16H,3,11H2,1-2H3,(H,20,22)/t13-,14+,15+,16-/m1/s1. The van der Waals surface area contributed by atoms with Crippen LogP contribution in [0.5, 0.6) is 0 Å². The SMILES string of the molecule is CCCN1C(=O)[C@@H]2C=C[C@H]1[C@@H](C(=O)OC)[C@H]2C(=O)Nc1ccccc1. The number of ether oxygens (including phenoxy) is 1. The topological polar surface area (TPSA) is 75.7 Å². The van der Waals surface area contributed by atoms with Gasteiger partial charge < -0.3 is 15.0 Å². The van der Waals surface area contributed by atoms with E-state index in [2.05, 4.69) is 5.32 Å². The van der Waals surface area contributed by atoms with Crippen molar-refractivity contribution in [1.82, 2.24) is 4.90 Å². The zero-order valence-corrected chi connectivity index (χ0v) is 14.3. The molecule has 132 valence electrons. The molecule has 25 heavy (non-hydrogen) atoms. The second-order valence-corrected chi connectivity index (χ2v) is 6.36. The quantitative estimate of drug-likeness (QED) is 0.654. The number of rotatable bonds is 5. The van der Waals surface area contributed by atoms with E-state index in [1.165, 1.54) is 7.11 Å². The molecule has 6 nitrogen and oxygen atoms in total. The molecule has 0 aromatic heterocycles. The molecule has 1 fully saturated rings. The number of esters is 1. The lowest BCUT2D eigenvalue weighted by atomic mass is 9.68. The average molecular weight is 342 g/mol. The largest absolute Gasteiger partial charge is 0.469 e. The number of nitrogens with one attached hydrogen (secondary N) is 1. The van der Waals surface area contributed by atoms with Crippen LogP contribution in [0.4, 0.5) is 5.69 Å². The third kappa shape index (κ3) is 3.04. The van der Waals surface area contributed by atoms with Crippen molar-refractivity contribution in [2.24, 2.45) is 17.8 Å². The van der Waals surface area contributed by atoms with E-state index in [0.717, 1.165) is 6.42 Å². The Morgan fingerprint density at radius 2 is 1.88 bits per heavy atom. The van der Waals surface area contributed by atoms with E-state index in [0.29, 0.717) is 12.2 Å². The Labute approximate surface area is 146 Å². The summed E-state index contributed by atoms with van der Waals surface area (Å²) in [6, 6.07) is 8.59. The zero-order chi connectivity index (χ0) is 18.0. The molecule has 3 aliphatic rings. The van der Waals surface area contributed by atoms with Crippen LogP contribution in [0.1, 0.15) is 13.3 Å². The third-order valence-electron chi connectivity index (χ3n) is 4.87. The first-order chi connectivity index (χ1) is 12.1. The number of anilines is 1. The first kappa shape index (κ1) is 17.2. The van der Waals surface area contributed by atoms with Crippen LogP contribution in [-0.2, 0) is 19.1 Å². The lowest BCUT2D eigenvalue weighted by Crippen LogP contribution is -2.62. The summed E-state index contributed by atoms with van der Waals surface area (Å²) in [5.41, 5.74) is 0.638. The molecular formula is C19H22N2O4. The molecule has 1 saturated heterocycles. The highest BCUT2D eigenvalue weighted by molar-refractivity contribution is 6.01. The third-order valence-corrected chi connectivity index (χ3v) is 4.87. The first-order valence-electron chi connectivity index (χ1n) is 8.51. The Balaban J connectivity index is 1.91. The molecule has 0 unspecified atom stereocenters. The summed E-state index contributed by atoms with van der Waals surface area (Å²) in [6.07, 6.45) is 4.40. The average Bonchev–Trinajstić information content (AvgIpc) is 2.64. The number of para-hydroxylation sites is 1. The fourth-order valence-corrected chi connectivity index (χ4v) is 3.78. The molecule has 2 bridgehead atoms. The summed E-state index contributed by atoms with van der Waals surface area (Å²) in [4.78, 5) is 39.7. The molecule has 2 heterocycles. The smallest absolute Gasteiger partial charge is 0.311 e. The van der Waals surface area contributed by atoms with Crippen molar-refractivity contribution in [3.05, 3.63) is 42.5 Å². The van der Waals surface area contributed by atoms with Crippen LogP contribution in [0.15, 0.2) is 42.5 Å². The van der Waals surface area contributed by atoms with Crippen molar-refractivity contribution in [2.75, 3.05) is 19.0 Å². The van der Waals surface area contributed by atoms with Gasteiger partial charge in [-0.1, -0.05) is 37.3 Å². The van der Waals surface area contributed by atoms with Crippen molar-refractivity contribution in [1.29, 1.82) is 0 Å². The van der Waals surface area contributed by atoms with E-state index < -0.39 is 29.8 Å². The van der Waals surface area contributed by atoms with E-state index in [4.69, 9.17) is 4.74 Å². The number of carbonyl (C=O) groups excluding carboxylic acids is 3. The minimum absolute atomic E-state index is 0.0947. The minimum Gasteiger partial charge on any atom is -0.469 e. The van der Waals surface area contributed by atoms with Crippen molar-refractivity contribution >= 4 is 23.5 Å². The van der Waals surface area contributed by atoms with Gasteiger partial charge in [0.25, 0.3) is 0 Å². The predicted molar refractivity (Wildman–Crippen MR) is 92.5 cm³/mol. The van der Waals surface area contributed by atoms with Crippen molar-refractivity contribution in [3.8, 4) is 0 Å². The van der Waals surface area contributed by atoms with E-state index in [9.17, 15) is 14.4 Å². The van der Waals surface area contributed by atoms with Crippen LogP contribution in [-0.4, -0.2) is 42.4 Å². The maximum atomic E-state index is 12.9. The zero-order valence-electron chi connectivity index (χ0n) is 14.3. The summed E-state index contributed by atoms with van der Waals surface area (Å²) in [6.45, 7) is 2.54. The normalized spacial score (nSPS) is 27.3. The number of nitrogens with zero attached hydrogens (tertiary/aromatic N) is 1. The van der Waals surface area contributed by atoms with E-state index in [1.807, 2.05) is 31.2 Å². The van der Waals surface area contributed by atoms with Crippen molar-refractivity contribution in [3.63, 3.8) is 0 Å². The van der Waals surface area contributed by atoms with Gasteiger partial charge in [0.2, 0.25) is 11.8 Å². The molecule has 4 atom stereocenters. The molecule has 1 N–H and O–H groups in total. The van der Waals surface area contributed by atoms with E-state index >= 15 is 0 Å². The molecule has 4 rings (SSSR count). The maximum Gasteiger partial charge on any atom is 0.311 e. The molecule has 1 aliphatic carbocycles. The molecule has 2 amide bonds. The van der Waals surface area contributed by atoms with Gasteiger partial charge in [0.05, 0.1) is 30.9 Å². The lowest BCUT2D eigenvalue weighted by molar-refractivity contribution is -0.164. The monoisotopic (exact) mass is 342 g/mol. The highest BCUT2D eigenvalue weighted by Gasteiger charge is 2.55. The van der Waals surface area contributed by atoms with Crippen molar-refractivity contribution < 1.29 is 19.1 Å². The summed E-state index contributed by atoms with van der Waals surface area (Å²) < 4.78 is 4.94. The number of fused-ring (bicyclic) bond motifs is 2. The highest BCUT2D eigenvalue weighted by atomic mass is 16.5. The second-order valence-electron chi connectivity index (χ2n) is 6.36. The maximum absolute atomic E-state index is 12.9. The molecule has 0 saturated carbocycles. The van der Waals surface area contributed by atoms with Crippen LogP contribution in [0, 0.1) is 17.8 Å². The van der Waals surface area contributed by atoms with Crippen LogP contribution in [0.25, 0.3) is 0 Å². The van der Waals surface area contributed by atoms with Crippen LogP contribution in [0.3, 0.4) is 0 Å². The Hall–Kier alpha value is -2.63. The number of piperidine rings is 1. The summed E-state index contributed by atoms with van der Waals surface area (Å²) in [5.74, 6) is -2.96. The van der Waals surface area contributed by atoms with Gasteiger partial charge in [-0.15, -0.1) is 0 Å². The van der Waals surface area contributed by atoms with Gasteiger partial charge in [0.15, 0.2) is 0 Å². The summed E-state index contributed by atoms with van der Waals surface area (Å²) in [5, 5.41) is 2.82. The fourth-order valence-electron chi connectivity index (χ4n) is 3.78. The van der Waals surface area contributed by atoms with Gasteiger partial charge in [-0.2, -0.15) is 0 Å².